The van der Waals surface area contributed by atoms with E-state index in [1.165, 1.54) is 0 Å². The van der Waals surface area contributed by atoms with Crippen molar-refractivity contribution in [2.24, 2.45) is 0 Å². The third-order valence-corrected chi connectivity index (χ3v) is 3.74. The van der Waals surface area contributed by atoms with Crippen LogP contribution in [0.25, 0.3) is 0 Å². The standard InChI is InChI=1S/C14H25NO4/c1-14(2,3)19-13(17)15-10-4-5-11(15)9-12(8-10)18-7-6-16/h10-12,16H,4-9H2,1-3H3. The molecular formula is C14H25NO4. The van der Waals surface area contributed by atoms with E-state index in [2.05, 4.69) is 0 Å². The smallest absolute Gasteiger partial charge is 0.410 e. The maximum atomic E-state index is 12.2. The Morgan fingerprint density at radius 1 is 1.26 bits per heavy atom. The second-order valence-corrected chi connectivity index (χ2v) is 6.46. The predicted octanol–water partition coefficient (Wildman–Crippen LogP) is 1.93. The molecule has 0 aliphatic carbocycles. The molecule has 0 spiro atoms. The summed E-state index contributed by atoms with van der Waals surface area (Å²) < 4.78 is 11.1. The average molecular weight is 271 g/mol. The van der Waals surface area contributed by atoms with Crippen LogP contribution in [0.3, 0.4) is 0 Å². The molecule has 2 saturated heterocycles. The van der Waals surface area contributed by atoms with Crippen LogP contribution in [0.4, 0.5) is 4.79 Å². The van der Waals surface area contributed by atoms with Crippen molar-refractivity contribution in [2.45, 2.75) is 70.2 Å². The zero-order chi connectivity index (χ0) is 14.0. The summed E-state index contributed by atoms with van der Waals surface area (Å²) in [5, 5.41) is 8.80. The number of fused-ring (bicyclic) bond motifs is 2. The van der Waals surface area contributed by atoms with Crippen LogP contribution >= 0.6 is 0 Å². The molecule has 1 N–H and O–H groups in total. The number of piperidine rings is 1. The van der Waals surface area contributed by atoms with Crippen LogP contribution in [0, 0.1) is 0 Å². The minimum atomic E-state index is -0.444. The minimum Gasteiger partial charge on any atom is -0.444 e. The van der Waals surface area contributed by atoms with Gasteiger partial charge < -0.3 is 19.5 Å². The van der Waals surface area contributed by atoms with Crippen LogP contribution in [0.5, 0.6) is 0 Å². The highest BCUT2D eigenvalue weighted by Gasteiger charge is 2.45. The first-order valence-corrected chi connectivity index (χ1v) is 7.14. The van der Waals surface area contributed by atoms with Crippen LogP contribution in [0.2, 0.25) is 0 Å². The molecule has 0 aromatic heterocycles. The Labute approximate surface area is 114 Å². The van der Waals surface area contributed by atoms with E-state index in [0.29, 0.717) is 6.61 Å². The van der Waals surface area contributed by atoms with Crippen LogP contribution in [0.15, 0.2) is 0 Å². The maximum Gasteiger partial charge on any atom is 0.410 e. The zero-order valence-electron chi connectivity index (χ0n) is 12.1. The van der Waals surface area contributed by atoms with Crippen molar-refractivity contribution in [1.29, 1.82) is 0 Å². The molecule has 0 radical (unpaired) electrons. The van der Waals surface area contributed by atoms with E-state index < -0.39 is 5.60 Å². The van der Waals surface area contributed by atoms with E-state index >= 15 is 0 Å². The number of hydrogen-bond acceptors (Lipinski definition) is 4. The summed E-state index contributed by atoms with van der Waals surface area (Å²) in [7, 11) is 0. The SMILES string of the molecule is CC(C)(C)OC(=O)N1C2CCC1CC(OCCO)C2. The summed E-state index contributed by atoms with van der Waals surface area (Å²) in [6.07, 6.45) is 3.75. The maximum absolute atomic E-state index is 12.2. The first kappa shape index (κ1) is 14.6. The van der Waals surface area contributed by atoms with Gasteiger partial charge in [-0.2, -0.15) is 0 Å². The normalized spacial score (nSPS) is 30.5. The quantitative estimate of drug-likeness (QED) is 0.852. The molecule has 19 heavy (non-hydrogen) atoms. The highest BCUT2D eigenvalue weighted by Crippen LogP contribution is 2.37. The van der Waals surface area contributed by atoms with Crippen molar-refractivity contribution in [3.63, 3.8) is 0 Å². The fourth-order valence-electron chi connectivity index (χ4n) is 3.10. The second kappa shape index (κ2) is 5.67. The molecule has 5 nitrogen and oxygen atoms in total. The number of ether oxygens (including phenoxy) is 2. The Morgan fingerprint density at radius 3 is 2.32 bits per heavy atom. The van der Waals surface area contributed by atoms with Gasteiger partial charge in [-0.05, 0) is 46.5 Å². The van der Waals surface area contributed by atoms with Gasteiger partial charge in [0.15, 0.2) is 0 Å². The van der Waals surface area contributed by atoms with E-state index in [4.69, 9.17) is 14.6 Å². The van der Waals surface area contributed by atoms with Gasteiger partial charge in [0, 0.05) is 12.1 Å². The van der Waals surface area contributed by atoms with E-state index in [-0.39, 0.29) is 30.9 Å². The van der Waals surface area contributed by atoms with Crippen molar-refractivity contribution in [1.82, 2.24) is 4.90 Å². The summed E-state index contributed by atoms with van der Waals surface area (Å²) in [5.74, 6) is 0. The van der Waals surface area contributed by atoms with E-state index in [1.54, 1.807) is 0 Å². The van der Waals surface area contributed by atoms with Crippen molar-refractivity contribution in [3.8, 4) is 0 Å². The average Bonchev–Trinajstić information content (AvgIpc) is 2.56. The summed E-state index contributed by atoms with van der Waals surface area (Å²) in [6.45, 7) is 6.12. The number of hydrogen-bond donors (Lipinski definition) is 1. The summed E-state index contributed by atoms with van der Waals surface area (Å²) in [4.78, 5) is 14.1. The molecule has 2 atom stereocenters. The highest BCUT2D eigenvalue weighted by molar-refractivity contribution is 5.69. The molecule has 2 bridgehead atoms. The monoisotopic (exact) mass is 271 g/mol. The molecule has 5 heteroatoms. The van der Waals surface area contributed by atoms with Crippen LogP contribution in [0.1, 0.15) is 46.5 Å². The van der Waals surface area contributed by atoms with Crippen LogP contribution < -0.4 is 0 Å². The number of carbonyl (C=O) groups is 1. The van der Waals surface area contributed by atoms with Gasteiger partial charge in [0.25, 0.3) is 0 Å². The minimum absolute atomic E-state index is 0.0572. The number of aliphatic hydroxyl groups is 1. The topological polar surface area (TPSA) is 59.0 Å². The molecular weight excluding hydrogens is 246 g/mol. The third kappa shape index (κ3) is 3.60. The molecule has 0 saturated carbocycles. The van der Waals surface area contributed by atoms with Crippen molar-refractivity contribution >= 4 is 6.09 Å². The largest absolute Gasteiger partial charge is 0.444 e. The van der Waals surface area contributed by atoms with Crippen molar-refractivity contribution in [2.75, 3.05) is 13.2 Å². The number of rotatable bonds is 3. The molecule has 2 rings (SSSR count). The fraction of sp³-hybridized carbons (Fsp3) is 0.929. The van der Waals surface area contributed by atoms with Crippen molar-refractivity contribution in [3.05, 3.63) is 0 Å². The number of nitrogens with zero attached hydrogens (tertiary/aromatic N) is 1. The predicted molar refractivity (Wildman–Crippen MR) is 70.9 cm³/mol. The Bertz CT molecular complexity index is 312. The van der Waals surface area contributed by atoms with Gasteiger partial charge in [0.05, 0.1) is 19.3 Å². The van der Waals surface area contributed by atoms with Gasteiger partial charge in [-0.15, -0.1) is 0 Å². The molecule has 2 aliphatic rings. The Hall–Kier alpha value is -0.810. The lowest BCUT2D eigenvalue weighted by atomic mass is 10.0. The van der Waals surface area contributed by atoms with Gasteiger partial charge in [0.2, 0.25) is 0 Å². The van der Waals surface area contributed by atoms with Gasteiger partial charge in [-0.1, -0.05) is 0 Å². The van der Waals surface area contributed by atoms with Gasteiger partial charge in [0.1, 0.15) is 5.60 Å². The Morgan fingerprint density at radius 2 is 1.84 bits per heavy atom. The van der Waals surface area contributed by atoms with Crippen LogP contribution in [-0.4, -0.2) is 53.1 Å². The first-order valence-electron chi connectivity index (χ1n) is 7.14. The Balaban J connectivity index is 1.93. The lowest BCUT2D eigenvalue weighted by Crippen LogP contribution is -2.50. The molecule has 0 aromatic carbocycles. The zero-order valence-corrected chi connectivity index (χ0v) is 12.1. The van der Waals surface area contributed by atoms with E-state index in [0.717, 1.165) is 25.7 Å². The summed E-state index contributed by atoms with van der Waals surface area (Å²) in [5.41, 5.74) is -0.444. The number of amides is 1. The Kier molecular flexibility index (Phi) is 4.36. The first-order chi connectivity index (χ1) is 8.90. The molecule has 1 amide bonds. The van der Waals surface area contributed by atoms with E-state index in [9.17, 15) is 4.79 Å². The molecule has 2 aliphatic heterocycles. The molecule has 2 fully saturated rings. The van der Waals surface area contributed by atoms with Crippen LogP contribution in [-0.2, 0) is 9.47 Å². The number of aliphatic hydroxyl groups excluding tert-OH is 1. The molecule has 2 heterocycles. The third-order valence-electron chi connectivity index (χ3n) is 3.74. The number of carbonyl (C=O) groups excluding carboxylic acids is 1. The van der Waals surface area contributed by atoms with Crippen molar-refractivity contribution < 1.29 is 19.4 Å². The van der Waals surface area contributed by atoms with E-state index in [1.807, 2.05) is 25.7 Å². The molecule has 2 unspecified atom stereocenters. The highest BCUT2D eigenvalue weighted by atomic mass is 16.6. The fourth-order valence-corrected chi connectivity index (χ4v) is 3.10. The summed E-state index contributed by atoms with van der Waals surface area (Å²) >= 11 is 0. The molecule has 0 aromatic rings. The molecule has 110 valence electrons. The van der Waals surface area contributed by atoms with Gasteiger partial charge in [-0.25, -0.2) is 4.79 Å². The summed E-state index contributed by atoms with van der Waals surface area (Å²) in [6, 6.07) is 0.467. The van der Waals surface area contributed by atoms with Gasteiger partial charge in [-0.3, -0.25) is 0 Å². The lowest BCUT2D eigenvalue weighted by Gasteiger charge is -2.39. The van der Waals surface area contributed by atoms with Gasteiger partial charge >= 0.3 is 6.09 Å². The second-order valence-electron chi connectivity index (χ2n) is 6.46. The lowest BCUT2D eigenvalue weighted by molar-refractivity contribution is -0.0411.